The molecular weight excluding hydrogens is 232 g/mol. The minimum absolute atomic E-state index is 0.335. The zero-order valence-electron chi connectivity index (χ0n) is 9.42. The highest BCUT2D eigenvalue weighted by Gasteiger charge is 1.96. The summed E-state index contributed by atoms with van der Waals surface area (Å²) in [6, 6.07) is 14.4. The first kappa shape index (κ1) is 11.7. The minimum Gasteiger partial charge on any atom is -0.466 e. The van der Waals surface area contributed by atoms with E-state index in [0.717, 1.165) is 4.90 Å². The molecule has 2 rings (SSSR count). The normalized spacial score (nSPS) is 10.9. The monoisotopic (exact) mass is 244 g/mol. The van der Waals surface area contributed by atoms with E-state index in [9.17, 15) is 4.79 Å². The molecule has 0 spiro atoms. The van der Waals surface area contributed by atoms with Crippen LogP contribution in [0, 0.1) is 0 Å². The molecule has 17 heavy (non-hydrogen) atoms. The van der Waals surface area contributed by atoms with Crippen LogP contribution in [0.1, 0.15) is 0 Å². The van der Waals surface area contributed by atoms with Crippen molar-refractivity contribution in [2.45, 2.75) is 4.90 Å². The quantitative estimate of drug-likeness (QED) is 0.468. The van der Waals surface area contributed by atoms with Crippen LogP contribution in [0.3, 0.4) is 0 Å². The first-order chi connectivity index (χ1) is 8.29. The summed E-state index contributed by atoms with van der Waals surface area (Å²) in [7, 11) is 1.37. The number of carbonyl (C=O) groups is 1. The van der Waals surface area contributed by atoms with Gasteiger partial charge >= 0.3 is 5.97 Å². The lowest BCUT2D eigenvalue weighted by Gasteiger charge is -2.00. The van der Waals surface area contributed by atoms with Gasteiger partial charge in [0.1, 0.15) is 0 Å². The molecule has 0 radical (unpaired) electrons. The number of benzene rings is 2. The highest BCUT2D eigenvalue weighted by molar-refractivity contribution is 8.02. The van der Waals surface area contributed by atoms with Crippen LogP contribution in [-0.4, -0.2) is 13.1 Å². The Hall–Kier alpha value is -1.74. The van der Waals surface area contributed by atoms with Crippen LogP contribution in [0.15, 0.2) is 58.8 Å². The van der Waals surface area contributed by atoms with Crippen molar-refractivity contribution in [3.05, 3.63) is 53.9 Å². The van der Waals surface area contributed by atoms with Crippen molar-refractivity contribution in [3.8, 4) is 0 Å². The molecule has 0 aliphatic heterocycles. The van der Waals surface area contributed by atoms with Crippen molar-refractivity contribution in [3.63, 3.8) is 0 Å². The van der Waals surface area contributed by atoms with Gasteiger partial charge in [-0.25, -0.2) is 4.79 Å². The van der Waals surface area contributed by atoms with E-state index >= 15 is 0 Å². The van der Waals surface area contributed by atoms with Crippen molar-refractivity contribution in [1.82, 2.24) is 0 Å². The highest BCUT2D eigenvalue weighted by Crippen LogP contribution is 2.24. The van der Waals surface area contributed by atoms with Crippen LogP contribution >= 0.6 is 11.8 Å². The van der Waals surface area contributed by atoms with E-state index in [2.05, 4.69) is 29.0 Å². The molecule has 2 nitrogen and oxygen atoms in total. The third kappa shape index (κ3) is 3.11. The lowest BCUT2D eigenvalue weighted by atomic mass is 10.1. The average molecular weight is 244 g/mol. The summed E-state index contributed by atoms with van der Waals surface area (Å²) in [4.78, 5) is 12.0. The van der Waals surface area contributed by atoms with Gasteiger partial charge in [0.05, 0.1) is 7.11 Å². The second-order valence-electron chi connectivity index (χ2n) is 3.45. The summed E-state index contributed by atoms with van der Waals surface area (Å²) < 4.78 is 4.52. The minimum atomic E-state index is -0.335. The smallest absolute Gasteiger partial charge is 0.330 e. The molecule has 0 fully saturated rings. The molecule has 0 aliphatic rings. The van der Waals surface area contributed by atoms with Crippen LogP contribution in [-0.2, 0) is 9.53 Å². The molecular formula is C14H12O2S. The first-order valence-corrected chi connectivity index (χ1v) is 6.07. The molecule has 0 saturated heterocycles. The van der Waals surface area contributed by atoms with Gasteiger partial charge in [0.2, 0.25) is 0 Å². The molecule has 0 bridgehead atoms. The van der Waals surface area contributed by atoms with E-state index in [1.54, 1.807) is 5.41 Å². The second kappa shape index (κ2) is 5.55. The maximum atomic E-state index is 10.9. The molecule has 0 atom stereocenters. The van der Waals surface area contributed by atoms with Crippen molar-refractivity contribution >= 4 is 28.5 Å². The van der Waals surface area contributed by atoms with Gasteiger partial charge in [0, 0.05) is 11.0 Å². The predicted octanol–water partition coefficient (Wildman–Crippen LogP) is 3.62. The fraction of sp³-hybridized carbons (Fsp3) is 0.0714. The molecule has 0 saturated carbocycles. The maximum absolute atomic E-state index is 10.9. The Kier molecular flexibility index (Phi) is 3.83. The van der Waals surface area contributed by atoms with E-state index in [0.29, 0.717) is 0 Å². The third-order valence-electron chi connectivity index (χ3n) is 2.33. The zero-order chi connectivity index (χ0) is 12.1. The van der Waals surface area contributed by atoms with Crippen molar-refractivity contribution in [2.75, 3.05) is 7.11 Å². The number of methoxy groups -OCH3 is 1. The first-order valence-electron chi connectivity index (χ1n) is 5.19. The fourth-order valence-corrected chi connectivity index (χ4v) is 2.15. The standard InChI is InChI=1S/C14H12O2S/c1-16-14(15)8-9-17-13-7-6-11-4-2-3-5-12(11)10-13/h2-10H,1H3. The third-order valence-corrected chi connectivity index (χ3v) is 3.13. The van der Waals surface area contributed by atoms with E-state index in [1.807, 2.05) is 18.2 Å². The molecule has 0 N–H and O–H groups in total. The highest BCUT2D eigenvalue weighted by atomic mass is 32.2. The van der Waals surface area contributed by atoms with Crippen LogP contribution in [0.2, 0.25) is 0 Å². The van der Waals surface area contributed by atoms with E-state index in [-0.39, 0.29) is 5.97 Å². The molecule has 0 amide bonds. The zero-order valence-corrected chi connectivity index (χ0v) is 10.2. The lowest BCUT2D eigenvalue weighted by Crippen LogP contribution is -1.92. The number of fused-ring (bicyclic) bond motifs is 1. The number of thioether (sulfide) groups is 1. The number of ether oxygens (including phenoxy) is 1. The number of rotatable bonds is 3. The topological polar surface area (TPSA) is 26.3 Å². The van der Waals surface area contributed by atoms with Gasteiger partial charge in [-0.2, -0.15) is 0 Å². The average Bonchev–Trinajstić information content (AvgIpc) is 2.38. The predicted molar refractivity (Wildman–Crippen MR) is 71.0 cm³/mol. The lowest BCUT2D eigenvalue weighted by molar-refractivity contribution is -0.134. The fourth-order valence-electron chi connectivity index (χ4n) is 1.48. The van der Waals surface area contributed by atoms with Gasteiger partial charge < -0.3 is 4.74 Å². The van der Waals surface area contributed by atoms with Gasteiger partial charge in [-0.3, -0.25) is 0 Å². The Bertz CT molecular complexity index is 561. The SMILES string of the molecule is COC(=O)C=CSc1ccc2ccccc2c1. The van der Waals surface area contributed by atoms with Gasteiger partial charge in [-0.1, -0.05) is 42.1 Å². The van der Waals surface area contributed by atoms with E-state index in [4.69, 9.17) is 0 Å². The van der Waals surface area contributed by atoms with Crippen LogP contribution in [0.5, 0.6) is 0 Å². The Morgan fingerprint density at radius 3 is 2.71 bits per heavy atom. The summed E-state index contributed by atoms with van der Waals surface area (Å²) in [5.41, 5.74) is 0. The Labute approximate surface area is 104 Å². The molecule has 3 heteroatoms. The summed E-state index contributed by atoms with van der Waals surface area (Å²) in [5.74, 6) is -0.335. The van der Waals surface area contributed by atoms with Crippen LogP contribution < -0.4 is 0 Å². The number of hydrogen-bond acceptors (Lipinski definition) is 3. The van der Waals surface area contributed by atoms with Crippen molar-refractivity contribution in [1.29, 1.82) is 0 Å². The Morgan fingerprint density at radius 1 is 1.18 bits per heavy atom. The maximum Gasteiger partial charge on any atom is 0.330 e. The largest absolute Gasteiger partial charge is 0.466 e. The van der Waals surface area contributed by atoms with Gasteiger partial charge in [0.15, 0.2) is 0 Å². The van der Waals surface area contributed by atoms with Crippen molar-refractivity contribution in [2.24, 2.45) is 0 Å². The second-order valence-corrected chi connectivity index (χ2v) is 4.43. The number of hydrogen-bond donors (Lipinski definition) is 0. The van der Waals surface area contributed by atoms with E-state index < -0.39 is 0 Å². The van der Waals surface area contributed by atoms with Gasteiger partial charge in [0.25, 0.3) is 0 Å². The Morgan fingerprint density at radius 2 is 1.94 bits per heavy atom. The molecule has 0 aliphatic carbocycles. The molecule has 0 unspecified atom stereocenters. The molecule has 2 aromatic carbocycles. The van der Waals surface area contributed by atoms with Gasteiger partial charge in [-0.05, 0) is 28.3 Å². The van der Waals surface area contributed by atoms with Crippen LogP contribution in [0.4, 0.5) is 0 Å². The number of esters is 1. The molecule has 0 aromatic heterocycles. The van der Waals surface area contributed by atoms with Crippen molar-refractivity contribution < 1.29 is 9.53 Å². The van der Waals surface area contributed by atoms with E-state index in [1.165, 1.54) is 35.7 Å². The Balaban J connectivity index is 2.14. The summed E-state index contributed by atoms with van der Waals surface area (Å²) in [6.45, 7) is 0. The summed E-state index contributed by atoms with van der Waals surface area (Å²) in [6.07, 6.45) is 1.42. The molecule has 86 valence electrons. The summed E-state index contributed by atoms with van der Waals surface area (Å²) >= 11 is 1.50. The molecule has 0 heterocycles. The summed E-state index contributed by atoms with van der Waals surface area (Å²) in [5, 5.41) is 4.15. The van der Waals surface area contributed by atoms with Gasteiger partial charge in [-0.15, -0.1) is 0 Å². The van der Waals surface area contributed by atoms with Crippen LogP contribution in [0.25, 0.3) is 10.8 Å². The molecule has 2 aromatic rings. The number of carbonyl (C=O) groups excluding carboxylic acids is 1.